The Kier molecular flexibility index (Phi) is 3.78. The second-order valence-electron chi connectivity index (χ2n) is 3.41. The molecule has 1 aromatic rings. The second-order valence-corrected chi connectivity index (χ2v) is 3.41. The molecule has 0 saturated heterocycles. The molecule has 1 atom stereocenters. The SMILES string of the molecule is C[C@H](O)CNC(=O)c1cc(F)c(F)cc1N. The largest absolute Gasteiger partial charge is 0.398 e. The molecule has 0 aliphatic carbocycles. The predicted octanol–water partition coefficient (Wildman–Crippen LogP) is 0.658. The zero-order valence-electron chi connectivity index (χ0n) is 8.63. The average Bonchev–Trinajstić information content (AvgIpc) is 2.20. The summed E-state index contributed by atoms with van der Waals surface area (Å²) >= 11 is 0. The summed E-state index contributed by atoms with van der Waals surface area (Å²) in [6, 6.07) is 1.47. The second kappa shape index (κ2) is 4.89. The maximum Gasteiger partial charge on any atom is 0.253 e. The van der Waals surface area contributed by atoms with Crippen LogP contribution < -0.4 is 11.1 Å². The smallest absolute Gasteiger partial charge is 0.253 e. The van der Waals surface area contributed by atoms with Crippen molar-refractivity contribution in [3.8, 4) is 0 Å². The predicted molar refractivity (Wildman–Crippen MR) is 54.8 cm³/mol. The quantitative estimate of drug-likeness (QED) is 0.667. The summed E-state index contributed by atoms with van der Waals surface area (Å²) in [4.78, 5) is 11.4. The van der Waals surface area contributed by atoms with Crippen LogP contribution in [0.3, 0.4) is 0 Å². The van der Waals surface area contributed by atoms with Crippen molar-refractivity contribution >= 4 is 11.6 Å². The van der Waals surface area contributed by atoms with Crippen molar-refractivity contribution in [1.82, 2.24) is 5.32 Å². The lowest BCUT2D eigenvalue weighted by Crippen LogP contribution is -2.31. The molecule has 88 valence electrons. The minimum Gasteiger partial charge on any atom is -0.398 e. The van der Waals surface area contributed by atoms with Crippen molar-refractivity contribution in [2.24, 2.45) is 0 Å². The van der Waals surface area contributed by atoms with Crippen molar-refractivity contribution < 1.29 is 18.7 Å². The molecular formula is C10H12F2N2O2. The monoisotopic (exact) mass is 230 g/mol. The molecule has 1 rings (SSSR count). The van der Waals surface area contributed by atoms with Gasteiger partial charge in [-0.3, -0.25) is 4.79 Å². The fourth-order valence-electron chi connectivity index (χ4n) is 1.09. The van der Waals surface area contributed by atoms with Crippen LogP contribution in [0.1, 0.15) is 17.3 Å². The number of amides is 1. The molecule has 0 heterocycles. The van der Waals surface area contributed by atoms with Crippen molar-refractivity contribution in [3.05, 3.63) is 29.3 Å². The fourth-order valence-corrected chi connectivity index (χ4v) is 1.09. The van der Waals surface area contributed by atoms with Crippen LogP contribution >= 0.6 is 0 Å². The highest BCUT2D eigenvalue weighted by Crippen LogP contribution is 2.16. The number of halogens is 2. The van der Waals surface area contributed by atoms with Crippen molar-refractivity contribution in [2.75, 3.05) is 12.3 Å². The molecule has 4 nitrogen and oxygen atoms in total. The van der Waals surface area contributed by atoms with Gasteiger partial charge in [-0.05, 0) is 13.0 Å². The molecule has 0 unspecified atom stereocenters. The number of benzene rings is 1. The van der Waals surface area contributed by atoms with Gasteiger partial charge in [-0.25, -0.2) is 8.78 Å². The zero-order valence-corrected chi connectivity index (χ0v) is 8.63. The number of hydrogen-bond acceptors (Lipinski definition) is 3. The Balaban J connectivity index is 2.87. The zero-order chi connectivity index (χ0) is 12.3. The van der Waals surface area contributed by atoms with Gasteiger partial charge in [0.1, 0.15) is 0 Å². The molecule has 16 heavy (non-hydrogen) atoms. The van der Waals surface area contributed by atoms with E-state index in [-0.39, 0.29) is 17.8 Å². The summed E-state index contributed by atoms with van der Waals surface area (Å²) in [5, 5.41) is 11.3. The van der Waals surface area contributed by atoms with E-state index in [2.05, 4.69) is 5.32 Å². The Hall–Kier alpha value is -1.69. The highest BCUT2D eigenvalue weighted by atomic mass is 19.2. The van der Waals surface area contributed by atoms with Crippen molar-refractivity contribution in [2.45, 2.75) is 13.0 Å². The summed E-state index contributed by atoms with van der Waals surface area (Å²) in [6.07, 6.45) is -0.726. The van der Waals surface area contributed by atoms with Crippen LogP contribution in [-0.2, 0) is 0 Å². The Morgan fingerprint density at radius 1 is 1.50 bits per heavy atom. The number of nitrogens with one attached hydrogen (secondary N) is 1. The van der Waals surface area contributed by atoms with Gasteiger partial charge in [-0.1, -0.05) is 0 Å². The molecular weight excluding hydrogens is 218 g/mol. The fraction of sp³-hybridized carbons (Fsp3) is 0.300. The van der Waals surface area contributed by atoms with Gasteiger partial charge in [-0.15, -0.1) is 0 Å². The first-order valence-corrected chi connectivity index (χ1v) is 4.62. The highest BCUT2D eigenvalue weighted by molar-refractivity contribution is 5.99. The van der Waals surface area contributed by atoms with E-state index in [0.29, 0.717) is 0 Å². The molecule has 0 bridgehead atoms. The topological polar surface area (TPSA) is 75.3 Å². The first-order chi connectivity index (χ1) is 7.41. The molecule has 0 aliphatic rings. The van der Waals surface area contributed by atoms with Crippen molar-refractivity contribution in [1.29, 1.82) is 0 Å². The van der Waals surface area contributed by atoms with E-state index in [9.17, 15) is 13.6 Å². The molecule has 0 spiro atoms. The lowest BCUT2D eigenvalue weighted by atomic mass is 10.1. The standard InChI is InChI=1S/C10H12F2N2O2/c1-5(15)4-14-10(16)6-2-7(11)8(12)3-9(6)13/h2-3,5,15H,4,13H2,1H3,(H,14,16)/t5-/m0/s1. The third kappa shape index (κ3) is 2.90. The molecule has 0 fully saturated rings. The Bertz CT molecular complexity index is 408. The van der Waals surface area contributed by atoms with Gasteiger partial charge >= 0.3 is 0 Å². The summed E-state index contributed by atoms with van der Waals surface area (Å²) in [6.45, 7) is 1.49. The number of carbonyl (C=O) groups is 1. The van der Waals surface area contributed by atoms with Gasteiger partial charge in [0, 0.05) is 18.3 Å². The lowest BCUT2D eigenvalue weighted by molar-refractivity contribution is 0.0924. The number of hydrogen-bond donors (Lipinski definition) is 3. The summed E-state index contributed by atoms with van der Waals surface area (Å²) in [7, 11) is 0. The highest BCUT2D eigenvalue weighted by Gasteiger charge is 2.14. The van der Waals surface area contributed by atoms with Crippen LogP contribution in [0.4, 0.5) is 14.5 Å². The van der Waals surface area contributed by atoms with Gasteiger partial charge in [-0.2, -0.15) is 0 Å². The van der Waals surface area contributed by atoms with Crippen LogP contribution in [0.15, 0.2) is 12.1 Å². The van der Waals surface area contributed by atoms with Crippen molar-refractivity contribution in [3.63, 3.8) is 0 Å². The molecule has 6 heteroatoms. The Morgan fingerprint density at radius 3 is 2.62 bits per heavy atom. The number of rotatable bonds is 3. The maximum absolute atomic E-state index is 12.9. The van der Waals surface area contributed by atoms with E-state index in [1.165, 1.54) is 6.92 Å². The van der Waals surface area contributed by atoms with E-state index >= 15 is 0 Å². The van der Waals surface area contributed by atoms with Gasteiger partial charge < -0.3 is 16.2 Å². The molecule has 0 aliphatic heterocycles. The number of anilines is 1. The van der Waals surface area contributed by atoms with E-state index in [1.54, 1.807) is 0 Å². The number of aliphatic hydroxyl groups excluding tert-OH is 1. The van der Waals surface area contributed by atoms with Gasteiger partial charge in [0.25, 0.3) is 5.91 Å². The first kappa shape index (κ1) is 12.4. The number of aliphatic hydroxyl groups is 1. The maximum atomic E-state index is 12.9. The molecule has 4 N–H and O–H groups in total. The number of carbonyl (C=O) groups excluding carboxylic acids is 1. The third-order valence-corrected chi connectivity index (χ3v) is 1.90. The minimum absolute atomic E-state index is 0.0112. The normalized spacial score (nSPS) is 12.2. The Labute approximate surface area is 91.1 Å². The number of nitrogen functional groups attached to an aromatic ring is 1. The molecule has 1 amide bonds. The third-order valence-electron chi connectivity index (χ3n) is 1.90. The van der Waals surface area contributed by atoms with E-state index in [1.807, 2.05) is 0 Å². The summed E-state index contributed by atoms with van der Waals surface area (Å²) in [5.41, 5.74) is 5.06. The minimum atomic E-state index is -1.14. The van der Waals surface area contributed by atoms with Crippen LogP contribution in [0.2, 0.25) is 0 Å². The van der Waals surface area contributed by atoms with E-state index in [0.717, 1.165) is 12.1 Å². The van der Waals surface area contributed by atoms with Crippen LogP contribution in [0.5, 0.6) is 0 Å². The number of nitrogens with two attached hydrogens (primary N) is 1. The molecule has 1 aromatic carbocycles. The van der Waals surface area contributed by atoms with E-state index < -0.39 is 23.6 Å². The van der Waals surface area contributed by atoms with Gasteiger partial charge in [0.2, 0.25) is 0 Å². The van der Waals surface area contributed by atoms with Crippen LogP contribution in [-0.4, -0.2) is 23.7 Å². The summed E-state index contributed by atoms with van der Waals surface area (Å²) in [5.74, 6) is -2.90. The molecule has 0 saturated carbocycles. The van der Waals surface area contributed by atoms with Gasteiger partial charge in [0.05, 0.1) is 11.7 Å². The van der Waals surface area contributed by atoms with Gasteiger partial charge in [0.15, 0.2) is 11.6 Å². The Morgan fingerprint density at radius 2 is 2.06 bits per heavy atom. The summed E-state index contributed by atoms with van der Waals surface area (Å²) < 4.78 is 25.6. The first-order valence-electron chi connectivity index (χ1n) is 4.62. The molecule has 0 radical (unpaired) electrons. The average molecular weight is 230 g/mol. The van der Waals surface area contributed by atoms with Crippen LogP contribution in [0.25, 0.3) is 0 Å². The lowest BCUT2D eigenvalue weighted by Gasteiger charge is -2.09. The van der Waals surface area contributed by atoms with Crippen LogP contribution in [0, 0.1) is 11.6 Å². The molecule has 0 aromatic heterocycles. The van der Waals surface area contributed by atoms with E-state index in [4.69, 9.17) is 10.8 Å².